The molecule has 1 aromatic carbocycles. The highest BCUT2D eigenvalue weighted by molar-refractivity contribution is 5.92. The van der Waals surface area contributed by atoms with Crippen molar-refractivity contribution >= 4 is 11.7 Å². The highest BCUT2D eigenvalue weighted by Gasteiger charge is 2.21. The molecule has 0 heterocycles. The summed E-state index contributed by atoms with van der Waals surface area (Å²) in [5.41, 5.74) is 0.357. The summed E-state index contributed by atoms with van der Waals surface area (Å²) in [6.45, 7) is 3.16. The van der Waals surface area contributed by atoms with E-state index < -0.39 is 10.9 Å². The average Bonchev–Trinajstić information content (AvgIpc) is 2.28. The Balaban J connectivity index is 3.43. The quantitative estimate of drug-likeness (QED) is 0.587. The Morgan fingerprint density at radius 2 is 2.19 bits per heavy atom. The average molecular weight is 227 g/mol. The van der Waals surface area contributed by atoms with Gasteiger partial charge in [-0.1, -0.05) is 6.92 Å². The Morgan fingerprint density at radius 1 is 1.56 bits per heavy atom. The molecule has 16 heavy (non-hydrogen) atoms. The van der Waals surface area contributed by atoms with Crippen molar-refractivity contribution in [2.45, 2.75) is 20.3 Å². The van der Waals surface area contributed by atoms with Gasteiger partial charge in [-0.15, -0.1) is 0 Å². The maximum atomic E-state index is 11.8. The third kappa shape index (κ3) is 2.16. The lowest BCUT2D eigenvalue weighted by Crippen LogP contribution is -2.05. The zero-order valence-electron chi connectivity index (χ0n) is 8.82. The van der Waals surface area contributed by atoms with Gasteiger partial charge >= 0.3 is 5.97 Å². The summed E-state index contributed by atoms with van der Waals surface area (Å²) in [7, 11) is 0. The number of nitro benzene ring substituents is 1. The molecular formula is C10H10FNO4. The van der Waals surface area contributed by atoms with Crippen molar-refractivity contribution in [3.63, 3.8) is 0 Å². The fourth-order valence-electron chi connectivity index (χ4n) is 1.40. The number of hydrogen-bond acceptors (Lipinski definition) is 4. The lowest BCUT2D eigenvalue weighted by atomic mass is 10.0. The highest BCUT2D eigenvalue weighted by atomic mass is 19.3. The Bertz CT molecular complexity index is 445. The molecule has 0 bridgehead atoms. The number of halogens is 1. The summed E-state index contributed by atoms with van der Waals surface area (Å²) in [6.07, 6.45) is 0.508. The molecule has 0 aromatic heterocycles. The first-order chi connectivity index (χ1) is 7.51. The van der Waals surface area contributed by atoms with Gasteiger partial charge in [-0.25, -0.2) is 9.74 Å². The van der Waals surface area contributed by atoms with E-state index >= 15 is 0 Å². The molecular weight excluding hydrogens is 217 g/mol. The summed E-state index contributed by atoms with van der Waals surface area (Å²) in [5, 5.41) is 10.7. The van der Waals surface area contributed by atoms with Gasteiger partial charge in [0, 0.05) is 16.2 Å². The predicted molar refractivity (Wildman–Crippen MR) is 53.7 cm³/mol. The van der Waals surface area contributed by atoms with Crippen LogP contribution >= 0.6 is 0 Å². The fraction of sp³-hybridized carbons (Fsp3) is 0.300. The summed E-state index contributed by atoms with van der Waals surface area (Å²) in [6, 6.07) is 2.76. The van der Waals surface area contributed by atoms with Crippen LogP contribution in [-0.4, -0.2) is 10.9 Å². The maximum Gasteiger partial charge on any atom is 0.380 e. The summed E-state index contributed by atoms with van der Waals surface area (Å²) < 4.78 is 11.8. The molecule has 1 aromatic rings. The second-order valence-corrected chi connectivity index (χ2v) is 3.26. The molecule has 86 valence electrons. The Hall–Kier alpha value is -1.98. The lowest BCUT2D eigenvalue weighted by Gasteiger charge is -2.05. The van der Waals surface area contributed by atoms with Gasteiger partial charge in [0.25, 0.3) is 5.69 Å². The van der Waals surface area contributed by atoms with E-state index in [-0.39, 0.29) is 16.8 Å². The van der Waals surface area contributed by atoms with Crippen molar-refractivity contribution in [1.82, 2.24) is 0 Å². The van der Waals surface area contributed by atoms with Crippen molar-refractivity contribution in [1.29, 1.82) is 0 Å². The molecule has 0 aliphatic carbocycles. The number of benzene rings is 1. The van der Waals surface area contributed by atoms with E-state index in [4.69, 9.17) is 0 Å². The highest BCUT2D eigenvalue weighted by Crippen LogP contribution is 2.24. The van der Waals surface area contributed by atoms with Crippen molar-refractivity contribution < 1.29 is 19.2 Å². The molecule has 1 rings (SSSR count). The topological polar surface area (TPSA) is 69.4 Å². The third-order valence-electron chi connectivity index (χ3n) is 2.33. The molecule has 0 N–H and O–H groups in total. The van der Waals surface area contributed by atoms with Crippen LogP contribution in [0.4, 0.5) is 10.2 Å². The van der Waals surface area contributed by atoms with Crippen LogP contribution in [0.3, 0.4) is 0 Å². The number of hydrogen-bond donors (Lipinski definition) is 0. The van der Waals surface area contributed by atoms with Crippen LogP contribution in [-0.2, 0) is 11.4 Å². The molecule has 0 saturated carbocycles. The largest absolute Gasteiger partial charge is 0.380 e. The van der Waals surface area contributed by atoms with E-state index in [1.807, 2.05) is 0 Å². The normalized spacial score (nSPS) is 9.94. The van der Waals surface area contributed by atoms with Crippen molar-refractivity contribution in [3.05, 3.63) is 38.9 Å². The Morgan fingerprint density at radius 3 is 2.62 bits per heavy atom. The van der Waals surface area contributed by atoms with Crippen LogP contribution in [0.25, 0.3) is 0 Å². The van der Waals surface area contributed by atoms with Crippen molar-refractivity contribution in [3.8, 4) is 0 Å². The van der Waals surface area contributed by atoms with Gasteiger partial charge in [0.2, 0.25) is 0 Å². The van der Waals surface area contributed by atoms with E-state index in [0.717, 1.165) is 0 Å². The molecule has 0 radical (unpaired) electrons. The van der Waals surface area contributed by atoms with Crippen LogP contribution in [0.2, 0.25) is 0 Å². The number of aryl methyl sites for hydroxylation is 1. The number of nitrogens with zero attached hydrogens (tertiary/aromatic N) is 1. The molecule has 0 atom stereocenters. The minimum atomic E-state index is -1.21. The van der Waals surface area contributed by atoms with Crippen LogP contribution < -0.4 is 0 Å². The van der Waals surface area contributed by atoms with Gasteiger partial charge in [-0.05, 0) is 25.0 Å². The summed E-state index contributed by atoms with van der Waals surface area (Å²) >= 11 is 0. The van der Waals surface area contributed by atoms with E-state index in [0.29, 0.717) is 12.0 Å². The fourth-order valence-corrected chi connectivity index (χ4v) is 1.40. The predicted octanol–water partition coefficient (Wildman–Crippen LogP) is 2.51. The van der Waals surface area contributed by atoms with Crippen molar-refractivity contribution in [2.24, 2.45) is 0 Å². The number of nitro groups is 1. The van der Waals surface area contributed by atoms with Gasteiger partial charge in [-0.2, -0.15) is 0 Å². The molecule has 0 spiro atoms. The smallest absolute Gasteiger partial charge is 0.258 e. The van der Waals surface area contributed by atoms with Crippen LogP contribution in [0.5, 0.6) is 0 Å². The van der Waals surface area contributed by atoms with E-state index in [1.54, 1.807) is 6.92 Å². The van der Waals surface area contributed by atoms with Crippen molar-refractivity contribution in [2.75, 3.05) is 0 Å². The number of carbonyl (C=O) groups is 1. The first-order valence-corrected chi connectivity index (χ1v) is 4.62. The molecule has 5 nitrogen and oxygen atoms in total. The molecule has 0 saturated heterocycles. The molecule has 0 aliphatic rings. The standard InChI is InChI=1S/C10H10FNO4/c1-3-7-4-8(10(13)16-11)6(2)9(5-7)12(14)15/h4-5H,3H2,1-2H3. The zero-order valence-corrected chi connectivity index (χ0v) is 8.82. The SMILES string of the molecule is CCc1cc(C(=O)OF)c(C)c([N+](=O)[O-])c1. The molecule has 0 amide bonds. The Kier molecular flexibility index (Phi) is 3.55. The molecule has 0 fully saturated rings. The summed E-state index contributed by atoms with van der Waals surface area (Å²) in [4.78, 5) is 24.3. The minimum absolute atomic E-state index is 0.102. The Labute approximate surface area is 90.9 Å². The van der Waals surface area contributed by atoms with Gasteiger partial charge in [0.05, 0.1) is 10.5 Å². The zero-order chi connectivity index (χ0) is 12.3. The van der Waals surface area contributed by atoms with Crippen LogP contribution in [0, 0.1) is 17.0 Å². The molecule has 0 unspecified atom stereocenters. The third-order valence-corrected chi connectivity index (χ3v) is 2.33. The first-order valence-electron chi connectivity index (χ1n) is 4.62. The monoisotopic (exact) mass is 227 g/mol. The van der Waals surface area contributed by atoms with E-state index in [2.05, 4.69) is 4.94 Å². The first kappa shape index (κ1) is 12.1. The van der Waals surface area contributed by atoms with E-state index in [9.17, 15) is 19.4 Å². The van der Waals surface area contributed by atoms with Gasteiger partial charge in [0.1, 0.15) is 0 Å². The summed E-state index contributed by atoms with van der Waals surface area (Å²) in [5.74, 6) is -1.21. The van der Waals surface area contributed by atoms with Gasteiger partial charge < -0.3 is 0 Å². The van der Waals surface area contributed by atoms with Crippen LogP contribution in [0.1, 0.15) is 28.4 Å². The molecule has 6 heteroatoms. The van der Waals surface area contributed by atoms with Crippen LogP contribution in [0.15, 0.2) is 12.1 Å². The number of rotatable bonds is 3. The van der Waals surface area contributed by atoms with Gasteiger partial charge in [0.15, 0.2) is 0 Å². The second kappa shape index (κ2) is 4.69. The minimum Gasteiger partial charge on any atom is -0.258 e. The van der Waals surface area contributed by atoms with Gasteiger partial charge in [-0.3, -0.25) is 10.1 Å². The second-order valence-electron chi connectivity index (χ2n) is 3.26. The molecule has 0 aliphatic heterocycles. The van der Waals surface area contributed by atoms with E-state index in [1.165, 1.54) is 19.1 Å². The lowest BCUT2D eigenvalue weighted by molar-refractivity contribution is -0.385. The maximum absolute atomic E-state index is 11.8. The number of carbonyl (C=O) groups excluding carboxylic acids is 1.